The highest BCUT2D eigenvalue weighted by Crippen LogP contribution is 2.27. The fourth-order valence-corrected chi connectivity index (χ4v) is 3.70. The molecule has 32 heavy (non-hydrogen) atoms. The van der Waals surface area contributed by atoms with Gasteiger partial charge in [0.25, 0.3) is 11.6 Å². The zero-order chi connectivity index (χ0) is 22.8. The number of nitro groups is 1. The summed E-state index contributed by atoms with van der Waals surface area (Å²) >= 11 is 12.1. The van der Waals surface area contributed by atoms with Crippen molar-refractivity contribution in [2.75, 3.05) is 10.6 Å². The van der Waals surface area contributed by atoms with E-state index in [0.717, 1.165) is 28.2 Å². The number of nitro benzene ring substituents is 1. The maximum absolute atomic E-state index is 12.6. The van der Waals surface area contributed by atoms with Crippen LogP contribution in [-0.2, 0) is 0 Å². The molecule has 1 aromatic heterocycles. The number of pyridine rings is 1. The van der Waals surface area contributed by atoms with Gasteiger partial charge >= 0.3 is 0 Å². The van der Waals surface area contributed by atoms with Gasteiger partial charge in [0, 0.05) is 33.9 Å². The third kappa shape index (κ3) is 4.64. The SMILES string of the molecule is Cc1cc(Nc2cccc(Cl)c2)nc2ccc(NC(=O)c3ccc([N+](=O)[O-])cc3Cl)cc12. The van der Waals surface area contributed by atoms with E-state index in [4.69, 9.17) is 23.2 Å². The lowest BCUT2D eigenvalue weighted by Crippen LogP contribution is -2.12. The number of nitrogens with one attached hydrogen (secondary N) is 2. The Kier molecular flexibility index (Phi) is 5.94. The Bertz CT molecular complexity index is 1370. The first-order chi connectivity index (χ1) is 15.3. The Balaban J connectivity index is 1.58. The Morgan fingerprint density at radius 1 is 1.00 bits per heavy atom. The summed E-state index contributed by atoms with van der Waals surface area (Å²) in [6, 6.07) is 18.3. The summed E-state index contributed by atoms with van der Waals surface area (Å²) in [6.45, 7) is 1.95. The quantitative estimate of drug-likeness (QED) is 0.250. The number of aromatic nitrogens is 1. The van der Waals surface area contributed by atoms with Gasteiger partial charge in [-0.25, -0.2) is 4.98 Å². The van der Waals surface area contributed by atoms with Gasteiger partial charge in [-0.3, -0.25) is 14.9 Å². The normalized spacial score (nSPS) is 10.7. The van der Waals surface area contributed by atoms with E-state index in [2.05, 4.69) is 15.6 Å². The Hall–Kier alpha value is -3.68. The lowest BCUT2D eigenvalue weighted by Gasteiger charge is -2.11. The van der Waals surface area contributed by atoms with Gasteiger partial charge in [0.15, 0.2) is 0 Å². The number of hydrogen-bond acceptors (Lipinski definition) is 5. The topological polar surface area (TPSA) is 97.2 Å². The number of amides is 1. The van der Waals surface area contributed by atoms with Crippen LogP contribution in [0.2, 0.25) is 10.0 Å². The number of fused-ring (bicyclic) bond motifs is 1. The molecule has 0 unspecified atom stereocenters. The van der Waals surface area contributed by atoms with Gasteiger partial charge in [-0.05, 0) is 61.0 Å². The predicted molar refractivity (Wildman–Crippen MR) is 127 cm³/mol. The van der Waals surface area contributed by atoms with E-state index in [1.807, 2.05) is 37.3 Å². The Labute approximate surface area is 193 Å². The monoisotopic (exact) mass is 466 g/mol. The van der Waals surface area contributed by atoms with Crippen LogP contribution in [0.5, 0.6) is 0 Å². The maximum atomic E-state index is 12.6. The van der Waals surface area contributed by atoms with Crippen molar-refractivity contribution in [2.24, 2.45) is 0 Å². The van der Waals surface area contributed by atoms with Crippen LogP contribution < -0.4 is 10.6 Å². The molecular formula is C23H16Cl2N4O3. The number of carbonyl (C=O) groups is 1. The second-order valence-corrected chi connectivity index (χ2v) is 7.91. The number of anilines is 3. The van der Waals surface area contributed by atoms with Crippen molar-refractivity contribution < 1.29 is 9.72 Å². The molecule has 0 fully saturated rings. The highest BCUT2D eigenvalue weighted by atomic mass is 35.5. The number of carbonyl (C=O) groups excluding carboxylic acids is 1. The molecule has 0 aliphatic heterocycles. The van der Waals surface area contributed by atoms with Gasteiger partial charge in [0.2, 0.25) is 0 Å². The van der Waals surface area contributed by atoms with Crippen molar-refractivity contribution in [2.45, 2.75) is 6.92 Å². The summed E-state index contributed by atoms with van der Waals surface area (Å²) in [5, 5.41) is 18.4. The van der Waals surface area contributed by atoms with Crippen molar-refractivity contribution >= 4 is 62.9 Å². The van der Waals surface area contributed by atoms with Crippen molar-refractivity contribution in [1.82, 2.24) is 4.98 Å². The molecule has 7 nitrogen and oxygen atoms in total. The van der Waals surface area contributed by atoms with E-state index < -0.39 is 10.8 Å². The number of nitrogens with zero attached hydrogens (tertiary/aromatic N) is 2. The molecule has 2 N–H and O–H groups in total. The predicted octanol–water partition coefficient (Wildman–Crippen LogP) is 6.75. The van der Waals surface area contributed by atoms with E-state index >= 15 is 0 Å². The average Bonchev–Trinajstić information content (AvgIpc) is 2.74. The van der Waals surface area contributed by atoms with Gasteiger partial charge in [0.1, 0.15) is 5.82 Å². The lowest BCUT2D eigenvalue weighted by atomic mass is 10.1. The number of rotatable bonds is 5. The molecule has 4 rings (SSSR count). The third-order valence-electron chi connectivity index (χ3n) is 4.78. The molecule has 0 aliphatic rings. The molecule has 0 radical (unpaired) electrons. The van der Waals surface area contributed by atoms with Crippen LogP contribution in [0, 0.1) is 17.0 Å². The minimum atomic E-state index is -0.567. The fraction of sp³-hybridized carbons (Fsp3) is 0.0435. The number of aryl methyl sites for hydroxylation is 1. The molecule has 1 amide bonds. The van der Waals surface area contributed by atoms with E-state index in [9.17, 15) is 14.9 Å². The van der Waals surface area contributed by atoms with Gasteiger partial charge in [0.05, 0.1) is 21.0 Å². The Morgan fingerprint density at radius 2 is 1.81 bits per heavy atom. The van der Waals surface area contributed by atoms with Crippen LogP contribution in [0.1, 0.15) is 15.9 Å². The van der Waals surface area contributed by atoms with Gasteiger partial charge in [-0.1, -0.05) is 29.3 Å². The zero-order valence-electron chi connectivity index (χ0n) is 16.7. The molecule has 0 aliphatic carbocycles. The van der Waals surface area contributed by atoms with Crippen LogP contribution in [0.4, 0.5) is 22.9 Å². The van der Waals surface area contributed by atoms with Gasteiger partial charge in [-0.15, -0.1) is 0 Å². The molecule has 160 valence electrons. The fourth-order valence-electron chi connectivity index (χ4n) is 3.25. The maximum Gasteiger partial charge on any atom is 0.270 e. The molecular weight excluding hydrogens is 451 g/mol. The second-order valence-electron chi connectivity index (χ2n) is 7.07. The minimum Gasteiger partial charge on any atom is -0.340 e. The lowest BCUT2D eigenvalue weighted by molar-refractivity contribution is -0.384. The highest BCUT2D eigenvalue weighted by molar-refractivity contribution is 6.34. The van der Waals surface area contributed by atoms with Crippen LogP contribution >= 0.6 is 23.2 Å². The van der Waals surface area contributed by atoms with Crippen LogP contribution in [-0.4, -0.2) is 15.8 Å². The Morgan fingerprint density at radius 3 is 2.53 bits per heavy atom. The first-order valence-electron chi connectivity index (χ1n) is 9.49. The standard InChI is InChI=1S/C23H16Cl2N4O3/c1-13-9-22(26-15-4-2-3-14(24)10-15)28-21-8-5-16(11-19(13)21)27-23(30)18-7-6-17(29(31)32)12-20(18)25/h2-12H,1H3,(H,26,28)(H,27,30). The molecule has 0 saturated carbocycles. The number of non-ortho nitro benzene ring substituents is 1. The number of hydrogen-bond donors (Lipinski definition) is 2. The molecule has 0 bridgehead atoms. The molecule has 0 spiro atoms. The summed E-state index contributed by atoms with van der Waals surface area (Å²) in [5.74, 6) is 0.209. The van der Waals surface area contributed by atoms with E-state index in [-0.39, 0.29) is 16.3 Å². The van der Waals surface area contributed by atoms with Crippen LogP contribution in [0.15, 0.2) is 66.7 Å². The van der Waals surface area contributed by atoms with Crippen LogP contribution in [0.3, 0.4) is 0 Å². The van der Waals surface area contributed by atoms with Gasteiger partial charge < -0.3 is 10.6 Å². The molecule has 1 heterocycles. The third-order valence-corrected chi connectivity index (χ3v) is 5.33. The first-order valence-corrected chi connectivity index (χ1v) is 10.2. The number of benzene rings is 3. The first kappa shape index (κ1) is 21.5. The summed E-state index contributed by atoms with van der Waals surface area (Å²) in [7, 11) is 0. The van der Waals surface area contributed by atoms with Crippen molar-refractivity contribution in [1.29, 1.82) is 0 Å². The minimum absolute atomic E-state index is 0.00654. The van der Waals surface area contributed by atoms with Gasteiger partial charge in [-0.2, -0.15) is 0 Å². The molecule has 4 aromatic rings. The smallest absolute Gasteiger partial charge is 0.270 e. The summed E-state index contributed by atoms with van der Waals surface area (Å²) in [4.78, 5) is 27.5. The van der Waals surface area contributed by atoms with Crippen molar-refractivity contribution in [3.05, 3.63) is 98.0 Å². The summed E-state index contributed by atoms with van der Waals surface area (Å²) < 4.78 is 0. The van der Waals surface area contributed by atoms with Crippen LogP contribution in [0.25, 0.3) is 10.9 Å². The molecule has 0 atom stereocenters. The second kappa shape index (κ2) is 8.82. The largest absolute Gasteiger partial charge is 0.340 e. The summed E-state index contributed by atoms with van der Waals surface area (Å²) in [6.07, 6.45) is 0. The zero-order valence-corrected chi connectivity index (χ0v) is 18.2. The van der Waals surface area contributed by atoms with E-state index in [1.54, 1.807) is 18.2 Å². The number of halogens is 2. The molecule has 9 heteroatoms. The molecule has 3 aromatic carbocycles. The van der Waals surface area contributed by atoms with E-state index in [1.165, 1.54) is 12.1 Å². The summed E-state index contributed by atoms with van der Waals surface area (Å²) in [5.41, 5.74) is 3.06. The highest BCUT2D eigenvalue weighted by Gasteiger charge is 2.15. The van der Waals surface area contributed by atoms with Crippen molar-refractivity contribution in [3.8, 4) is 0 Å². The van der Waals surface area contributed by atoms with E-state index in [0.29, 0.717) is 16.5 Å². The van der Waals surface area contributed by atoms with Crippen molar-refractivity contribution in [3.63, 3.8) is 0 Å². The molecule has 0 saturated heterocycles. The average molecular weight is 467 g/mol.